The van der Waals surface area contributed by atoms with Crippen LogP contribution in [0.4, 0.5) is 5.69 Å². The van der Waals surface area contributed by atoms with E-state index in [4.69, 9.17) is 0 Å². The van der Waals surface area contributed by atoms with E-state index in [2.05, 4.69) is 21.8 Å². The average molecular weight is 361 g/mol. The maximum atomic E-state index is 12.3. The normalized spacial score (nSPS) is 14.9. The van der Waals surface area contributed by atoms with Gasteiger partial charge in [0.25, 0.3) is 5.69 Å². The van der Waals surface area contributed by atoms with Crippen molar-refractivity contribution < 1.29 is 13.3 Å². The van der Waals surface area contributed by atoms with Gasteiger partial charge in [0.05, 0.1) is 9.82 Å². The summed E-state index contributed by atoms with van der Waals surface area (Å²) >= 11 is 0. The highest BCUT2D eigenvalue weighted by Crippen LogP contribution is 2.18. The van der Waals surface area contributed by atoms with Gasteiger partial charge in [-0.2, -0.15) is 0 Å². The highest BCUT2D eigenvalue weighted by molar-refractivity contribution is 7.89. The van der Waals surface area contributed by atoms with Gasteiger partial charge in [-0.25, -0.2) is 13.1 Å². The first-order valence-corrected chi connectivity index (χ1v) is 9.47. The molecule has 2 aromatic rings. The van der Waals surface area contributed by atoms with Crippen LogP contribution < -0.4 is 4.72 Å². The Balaban J connectivity index is 1.55. The SMILES string of the molecule is O=[N+]([O-])c1ccc(S(=O)(=O)NCCN2CCc3ccccc3C2)cc1. The molecule has 0 bridgehead atoms. The lowest BCUT2D eigenvalue weighted by Gasteiger charge is -2.28. The zero-order valence-electron chi connectivity index (χ0n) is 13.6. The van der Waals surface area contributed by atoms with E-state index < -0.39 is 14.9 Å². The van der Waals surface area contributed by atoms with E-state index in [0.29, 0.717) is 13.1 Å². The Labute approximate surface area is 146 Å². The lowest BCUT2D eigenvalue weighted by Crippen LogP contribution is -2.37. The van der Waals surface area contributed by atoms with Gasteiger partial charge in [-0.15, -0.1) is 0 Å². The number of nitrogens with one attached hydrogen (secondary N) is 1. The molecule has 0 radical (unpaired) electrons. The number of hydrogen-bond acceptors (Lipinski definition) is 5. The quantitative estimate of drug-likeness (QED) is 0.627. The number of hydrogen-bond donors (Lipinski definition) is 1. The van der Waals surface area contributed by atoms with Crippen molar-refractivity contribution in [1.82, 2.24) is 9.62 Å². The maximum Gasteiger partial charge on any atom is 0.269 e. The molecule has 0 saturated carbocycles. The first-order chi connectivity index (χ1) is 12.0. The first kappa shape index (κ1) is 17.5. The Morgan fingerprint density at radius 2 is 1.76 bits per heavy atom. The zero-order chi connectivity index (χ0) is 17.9. The van der Waals surface area contributed by atoms with Crippen molar-refractivity contribution in [3.8, 4) is 0 Å². The lowest BCUT2D eigenvalue weighted by molar-refractivity contribution is -0.384. The Hall–Kier alpha value is -2.29. The third kappa shape index (κ3) is 4.22. The van der Waals surface area contributed by atoms with E-state index in [0.717, 1.165) is 19.5 Å². The second-order valence-corrected chi connectivity index (χ2v) is 7.71. The van der Waals surface area contributed by atoms with Crippen molar-refractivity contribution >= 4 is 15.7 Å². The fourth-order valence-electron chi connectivity index (χ4n) is 2.91. The smallest absolute Gasteiger partial charge is 0.269 e. The molecule has 0 amide bonds. The largest absolute Gasteiger partial charge is 0.297 e. The third-order valence-electron chi connectivity index (χ3n) is 4.29. The van der Waals surface area contributed by atoms with E-state index in [-0.39, 0.29) is 10.6 Å². The van der Waals surface area contributed by atoms with Crippen LogP contribution in [0.5, 0.6) is 0 Å². The molecule has 0 aromatic heterocycles. The van der Waals surface area contributed by atoms with Crippen LogP contribution in [0.1, 0.15) is 11.1 Å². The number of benzene rings is 2. The number of sulfonamides is 1. The van der Waals surface area contributed by atoms with Gasteiger partial charge in [0.1, 0.15) is 0 Å². The molecule has 7 nitrogen and oxygen atoms in total. The Morgan fingerprint density at radius 3 is 2.44 bits per heavy atom. The molecule has 132 valence electrons. The van der Waals surface area contributed by atoms with E-state index >= 15 is 0 Å². The summed E-state index contributed by atoms with van der Waals surface area (Å²) in [5.74, 6) is 0. The highest BCUT2D eigenvalue weighted by atomic mass is 32.2. The molecule has 1 N–H and O–H groups in total. The number of non-ortho nitro benzene ring substituents is 1. The van der Waals surface area contributed by atoms with E-state index in [1.54, 1.807) is 0 Å². The lowest BCUT2D eigenvalue weighted by atomic mass is 10.0. The van der Waals surface area contributed by atoms with E-state index in [1.807, 2.05) is 12.1 Å². The predicted octanol–water partition coefficient (Wildman–Crippen LogP) is 1.93. The number of nitrogens with zero attached hydrogens (tertiary/aromatic N) is 2. The van der Waals surface area contributed by atoms with E-state index in [9.17, 15) is 18.5 Å². The van der Waals surface area contributed by atoms with Gasteiger partial charge in [-0.3, -0.25) is 15.0 Å². The van der Waals surface area contributed by atoms with Crippen molar-refractivity contribution in [1.29, 1.82) is 0 Å². The Morgan fingerprint density at radius 1 is 1.08 bits per heavy atom. The fourth-order valence-corrected chi connectivity index (χ4v) is 3.93. The van der Waals surface area contributed by atoms with Crippen molar-refractivity contribution in [2.45, 2.75) is 17.9 Å². The summed E-state index contributed by atoms with van der Waals surface area (Å²) in [5, 5.41) is 10.6. The number of rotatable bonds is 6. The van der Waals surface area contributed by atoms with Crippen LogP contribution in [0.3, 0.4) is 0 Å². The molecule has 0 fully saturated rings. The summed E-state index contributed by atoms with van der Waals surface area (Å²) in [6.45, 7) is 2.62. The van der Waals surface area contributed by atoms with Crippen molar-refractivity contribution in [2.24, 2.45) is 0 Å². The summed E-state index contributed by atoms with van der Waals surface area (Å²) in [6.07, 6.45) is 0.964. The molecule has 1 aliphatic heterocycles. The molecule has 3 rings (SSSR count). The summed E-state index contributed by atoms with van der Waals surface area (Å²) in [5.41, 5.74) is 2.50. The molecule has 1 heterocycles. The molecule has 8 heteroatoms. The minimum Gasteiger partial charge on any atom is -0.297 e. The molecule has 2 aromatic carbocycles. The van der Waals surface area contributed by atoms with Gasteiger partial charge < -0.3 is 0 Å². The van der Waals surface area contributed by atoms with Gasteiger partial charge in [-0.1, -0.05) is 24.3 Å². The predicted molar refractivity (Wildman–Crippen MR) is 93.7 cm³/mol. The zero-order valence-corrected chi connectivity index (χ0v) is 14.4. The van der Waals surface area contributed by atoms with Crippen LogP contribution >= 0.6 is 0 Å². The minimum atomic E-state index is -3.66. The third-order valence-corrected chi connectivity index (χ3v) is 5.76. The molecule has 0 aliphatic carbocycles. The second-order valence-electron chi connectivity index (χ2n) is 5.94. The summed E-state index contributed by atoms with van der Waals surface area (Å²) in [4.78, 5) is 12.3. The van der Waals surface area contributed by atoms with Crippen molar-refractivity contribution in [3.63, 3.8) is 0 Å². The van der Waals surface area contributed by atoms with Gasteiger partial charge in [0.15, 0.2) is 0 Å². The molecule has 0 saturated heterocycles. The number of nitro groups is 1. The van der Waals surface area contributed by atoms with Crippen LogP contribution in [0.2, 0.25) is 0 Å². The van der Waals surface area contributed by atoms with Crippen molar-refractivity contribution in [2.75, 3.05) is 19.6 Å². The second kappa shape index (κ2) is 7.30. The fraction of sp³-hybridized carbons (Fsp3) is 0.294. The first-order valence-electron chi connectivity index (χ1n) is 7.99. The van der Waals surface area contributed by atoms with Crippen molar-refractivity contribution in [3.05, 3.63) is 69.8 Å². The van der Waals surface area contributed by atoms with Crippen LogP contribution in [-0.4, -0.2) is 37.9 Å². The molecule has 25 heavy (non-hydrogen) atoms. The molecule has 0 spiro atoms. The number of fused-ring (bicyclic) bond motifs is 1. The highest BCUT2D eigenvalue weighted by Gasteiger charge is 2.18. The van der Waals surface area contributed by atoms with Gasteiger partial charge >= 0.3 is 0 Å². The molecular formula is C17H19N3O4S. The van der Waals surface area contributed by atoms with Crippen LogP contribution in [0, 0.1) is 10.1 Å². The molecule has 1 aliphatic rings. The summed E-state index contributed by atoms with van der Waals surface area (Å²) < 4.78 is 27.1. The topological polar surface area (TPSA) is 92.5 Å². The Kier molecular flexibility index (Phi) is 5.12. The summed E-state index contributed by atoms with van der Waals surface area (Å²) in [6, 6.07) is 13.2. The standard InChI is InChI=1S/C17H19N3O4S/c21-20(22)16-5-7-17(8-6-16)25(23,24)18-10-12-19-11-9-14-3-1-2-4-15(14)13-19/h1-8,18H,9-13H2. The number of nitro benzene ring substituents is 1. The Bertz CT molecular complexity index is 866. The van der Waals surface area contributed by atoms with Gasteiger partial charge in [0.2, 0.25) is 10.0 Å². The monoisotopic (exact) mass is 361 g/mol. The maximum absolute atomic E-state index is 12.3. The van der Waals surface area contributed by atoms with Crippen LogP contribution in [0.25, 0.3) is 0 Å². The van der Waals surface area contributed by atoms with Crippen LogP contribution in [-0.2, 0) is 23.0 Å². The molecular weight excluding hydrogens is 342 g/mol. The molecule has 0 unspecified atom stereocenters. The average Bonchev–Trinajstić information content (AvgIpc) is 2.61. The van der Waals surface area contributed by atoms with E-state index in [1.165, 1.54) is 35.4 Å². The van der Waals surface area contributed by atoms with Gasteiger partial charge in [0, 0.05) is 38.3 Å². The minimum absolute atomic E-state index is 0.0297. The van der Waals surface area contributed by atoms with Crippen LogP contribution in [0.15, 0.2) is 53.4 Å². The van der Waals surface area contributed by atoms with Gasteiger partial charge in [-0.05, 0) is 29.7 Å². The molecule has 0 atom stereocenters. The summed E-state index contributed by atoms with van der Waals surface area (Å²) in [7, 11) is -3.66.